The minimum absolute atomic E-state index is 0.0305. The van der Waals surface area contributed by atoms with Crippen LogP contribution in [0.25, 0.3) is 10.9 Å². The lowest BCUT2D eigenvalue weighted by atomic mass is 10.2. The average Bonchev–Trinajstić information content (AvgIpc) is 3.11. The molecule has 0 radical (unpaired) electrons. The average molecular weight is 360 g/mol. The van der Waals surface area contributed by atoms with Crippen LogP contribution in [0.15, 0.2) is 29.1 Å². The van der Waals surface area contributed by atoms with Crippen molar-refractivity contribution in [2.75, 3.05) is 5.75 Å². The van der Waals surface area contributed by atoms with Crippen LogP contribution in [-0.2, 0) is 21.1 Å². The van der Waals surface area contributed by atoms with Gasteiger partial charge in [-0.1, -0.05) is 17.3 Å². The molecule has 0 saturated carbocycles. The normalized spacial score (nSPS) is 25.4. The van der Waals surface area contributed by atoms with Gasteiger partial charge in [0.25, 0.3) is 5.56 Å². The lowest BCUT2D eigenvalue weighted by Crippen LogP contribution is -2.47. The quantitative estimate of drug-likeness (QED) is 0.745. The zero-order valence-electron chi connectivity index (χ0n) is 13.5. The molecule has 2 aromatic rings. The Morgan fingerprint density at radius 1 is 1.40 bits per heavy atom. The minimum Gasteiger partial charge on any atom is -0.441 e. The van der Waals surface area contributed by atoms with Crippen LogP contribution in [0.3, 0.4) is 0 Å². The molecule has 0 bridgehead atoms. The third-order valence-electron chi connectivity index (χ3n) is 4.68. The van der Waals surface area contributed by atoms with Gasteiger partial charge in [-0.15, -0.1) is 16.9 Å². The van der Waals surface area contributed by atoms with Gasteiger partial charge in [0.05, 0.1) is 10.3 Å². The summed E-state index contributed by atoms with van der Waals surface area (Å²) in [6.45, 7) is 1.64. The summed E-state index contributed by atoms with van der Waals surface area (Å²) >= 11 is 1.59. The molecule has 1 amide bonds. The van der Waals surface area contributed by atoms with Crippen LogP contribution < -0.4 is 5.56 Å². The second-order valence-electron chi connectivity index (χ2n) is 6.27. The van der Waals surface area contributed by atoms with Crippen LogP contribution in [0.4, 0.5) is 0 Å². The molecule has 2 atom stereocenters. The maximum absolute atomic E-state index is 12.4. The van der Waals surface area contributed by atoms with Crippen LogP contribution in [0.5, 0.6) is 0 Å². The molecule has 25 heavy (non-hydrogen) atoms. The highest BCUT2D eigenvalue weighted by molar-refractivity contribution is 8.01. The van der Waals surface area contributed by atoms with E-state index in [-0.39, 0.29) is 23.1 Å². The number of carbonyl (C=O) groups is 2. The van der Waals surface area contributed by atoms with Crippen molar-refractivity contribution in [3.8, 4) is 0 Å². The van der Waals surface area contributed by atoms with Crippen molar-refractivity contribution in [2.45, 2.75) is 37.4 Å². The molecule has 2 aliphatic rings. The zero-order valence-corrected chi connectivity index (χ0v) is 14.4. The summed E-state index contributed by atoms with van der Waals surface area (Å²) in [7, 11) is 0. The zero-order chi connectivity index (χ0) is 17.6. The molecule has 3 heterocycles. The first kappa shape index (κ1) is 16.1. The van der Waals surface area contributed by atoms with E-state index in [1.165, 1.54) is 0 Å². The smallest absolute Gasteiger partial charge is 0.331 e. The number of ether oxygens (including phenoxy) is 1. The minimum atomic E-state index is -0.617. The Hall–Kier alpha value is -2.42. The molecule has 0 N–H and O–H groups in total. The Morgan fingerprint density at radius 2 is 2.20 bits per heavy atom. The second kappa shape index (κ2) is 5.83. The van der Waals surface area contributed by atoms with Crippen molar-refractivity contribution >= 4 is 34.5 Å². The number of esters is 1. The van der Waals surface area contributed by atoms with E-state index in [0.29, 0.717) is 23.1 Å². The van der Waals surface area contributed by atoms with Gasteiger partial charge in [0.15, 0.2) is 6.73 Å². The van der Waals surface area contributed by atoms with Gasteiger partial charge in [0.1, 0.15) is 11.6 Å². The summed E-state index contributed by atoms with van der Waals surface area (Å²) in [4.78, 5) is 38.1. The van der Waals surface area contributed by atoms with Crippen molar-refractivity contribution in [2.24, 2.45) is 0 Å². The second-order valence-corrected chi connectivity index (χ2v) is 7.77. The number of fused-ring (bicyclic) bond motifs is 2. The van der Waals surface area contributed by atoms with E-state index in [1.54, 1.807) is 40.9 Å². The van der Waals surface area contributed by atoms with Gasteiger partial charge in [-0.05, 0) is 25.5 Å². The Labute approximate surface area is 147 Å². The summed E-state index contributed by atoms with van der Waals surface area (Å²) in [6.07, 6.45) is 1.18. The number of rotatable bonds is 3. The standard InChI is InChI=1S/C16H16N4O4S/c1-16-7-6-13(21)20(16)12(8-25-16)15(23)24-9-19-14(22)10-4-2-3-5-11(10)17-18-19/h2-5,12H,6-9H2,1H3. The third kappa shape index (κ3) is 2.58. The van der Waals surface area contributed by atoms with E-state index in [4.69, 9.17) is 4.74 Å². The van der Waals surface area contributed by atoms with Crippen molar-refractivity contribution in [1.82, 2.24) is 19.9 Å². The predicted octanol–water partition coefficient (Wildman–Crippen LogP) is 0.746. The fourth-order valence-corrected chi connectivity index (χ4v) is 4.74. The highest BCUT2D eigenvalue weighted by atomic mass is 32.2. The molecule has 130 valence electrons. The largest absolute Gasteiger partial charge is 0.441 e. The molecule has 2 saturated heterocycles. The summed E-state index contributed by atoms with van der Waals surface area (Å²) in [5.41, 5.74) is 0.113. The van der Waals surface area contributed by atoms with E-state index in [2.05, 4.69) is 10.3 Å². The number of thioether (sulfide) groups is 1. The number of aromatic nitrogens is 3. The summed E-state index contributed by atoms with van der Waals surface area (Å²) < 4.78 is 6.26. The fraction of sp³-hybridized carbons (Fsp3) is 0.438. The number of hydrogen-bond acceptors (Lipinski definition) is 7. The summed E-state index contributed by atoms with van der Waals surface area (Å²) in [5.74, 6) is -0.0511. The fourth-order valence-electron chi connectivity index (χ4n) is 3.32. The summed E-state index contributed by atoms with van der Waals surface area (Å²) in [5, 5.41) is 8.15. The van der Waals surface area contributed by atoms with Crippen LogP contribution >= 0.6 is 11.8 Å². The van der Waals surface area contributed by atoms with Crippen LogP contribution in [0.1, 0.15) is 19.8 Å². The van der Waals surface area contributed by atoms with Crippen LogP contribution in [-0.4, -0.2) is 48.4 Å². The lowest BCUT2D eigenvalue weighted by molar-refractivity contribution is -0.157. The molecular weight excluding hydrogens is 344 g/mol. The first-order chi connectivity index (χ1) is 12.0. The highest BCUT2D eigenvalue weighted by Crippen LogP contribution is 2.47. The predicted molar refractivity (Wildman–Crippen MR) is 90.6 cm³/mol. The molecule has 2 unspecified atom stereocenters. The summed E-state index contributed by atoms with van der Waals surface area (Å²) in [6, 6.07) is 6.22. The monoisotopic (exact) mass is 360 g/mol. The Balaban J connectivity index is 1.50. The molecule has 4 rings (SSSR count). The van der Waals surface area contributed by atoms with Gasteiger partial charge in [0, 0.05) is 12.2 Å². The Morgan fingerprint density at radius 3 is 3.04 bits per heavy atom. The van der Waals surface area contributed by atoms with E-state index < -0.39 is 12.0 Å². The molecule has 1 aromatic carbocycles. The lowest BCUT2D eigenvalue weighted by Gasteiger charge is -2.29. The molecular formula is C16H16N4O4S. The number of carbonyl (C=O) groups excluding carboxylic acids is 2. The van der Waals surface area contributed by atoms with E-state index >= 15 is 0 Å². The topological polar surface area (TPSA) is 94.4 Å². The highest BCUT2D eigenvalue weighted by Gasteiger charge is 2.53. The van der Waals surface area contributed by atoms with Crippen molar-refractivity contribution in [1.29, 1.82) is 0 Å². The van der Waals surface area contributed by atoms with Crippen molar-refractivity contribution in [3.05, 3.63) is 34.6 Å². The molecule has 2 aliphatic heterocycles. The maximum Gasteiger partial charge on any atom is 0.331 e. The third-order valence-corrected chi connectivity index (χ3v) is 6.18. The first-order valence-corrected chi connectivity index (χ1v) is 8.93. The molecule has 0 aliphatic carbocycles. The van der Waals surface area contributed by atoms with Gasteiger partial charge in [-0.2, -0.15) is 4.68 Å². The molecule has 8 nitrogen and oxygen atoms in total. The van der Waals surface area contributed by atoms with E-state index in [1.807, 2.05) is 6.92 Å². The van der Waals surface area contributed by atoms with Crippen molar-refractivity contribution < 1.29 is 14.3 Å². The van der Waals surface area contributed by atoms with E-state index in [0.717, 1.165) is 11.1 Å². The Kier molecular flexibility index (Phi) is 3.75. The van der Waals surface area contributed by atoms with Gasteiger partial charge in [0.2, 0.25) is 5.91 Å². The van der Waals surface area contributed by atoms with Crippen LogP contribution in [0.2, 0.25) is 0 Å². The number of nitrogens with zero attached hydrogens (tertiary/aromatic N) is 4. The van der Waals surface area contributed by atoms with Crippen LogP contribution in [0, 0.1) is 0 Å². The van der Waals surface area contributed by atoms with E-state index in [9.17, 15) is 14.4 Å². The maximum atomic E-state index is 12.4. The van der Waals surface area contributed by atoms with Gasteiger partial charge >= 0.3 is 5.97 Å². The molecule has 2 fully saturated rings. The molecule has 1 aromatic heterocycles. The van der Waals surface area contributed by atoms with Gasteiger partial charge in [-0.25, -0.2) is 4.79 Å². The molecule has 9 heteroatoms. The van der Waals surface area contributed by atoms with Crippen molar-refractivity contribution in [3.63, 3.8) is 0 Å². The first-order valence-electron chi connectivity index (χ1n) is 7.95. The van der Waals surface area contributed by atoms with Gasteiger partial charge in [-0.3, -0.25) is 9.59 Å². The number of benzene rings is 1. The number of hydrogen-bond donors (Lipinski definition) is 0. The van der Waals surface area contributed by atoms with Gasteiger partial charge < -0.3 is 9.64 Å². The molecule has 0 spiro atoms. The Bertz CT molecular complexity index is 930. The number of amides is 1. The SMILES string of the molecule is CC12CCC(=O)N1C(C(=O)OCn1nnc3ccccc3c1=O)CS2.